The lowest BCUT2D eigenvalue weighted by Crippen LogP contribution is -2.22. The monoisotopic (exact) mass is 315 g/mol. The Morgan fingerprint density at radius 2 is 1.91 bits per heavy atom. The fourth-order valence-electron chi connectivity index (χ4n) is 2.13. The van der Waals surface area contributed by atoms with Crippen LogP contribution in [0.4, 0.5) is 0 Å². The first-order valence-corrected chi connectivity index (χ1v) is 7.18. The molecule has 0 atom stereocenters. The van der Waals surface area contributed by atoms with Crippen molar-refractivity contribution in [3.63, 3.8) is 0 Å². The summed E-state index contributed by atoms with van der Waals surface area (Å²) in [5.74, 6) is 1.83. The van der Waals surface area contributed by atoms with Gasteiger partial charge in [0.1, 0.15) is 17.3 Å². The summed E-state index contributed by atoms with van der Waals surface area (Å²) in [4.78, 5) is 12.0. The van der Waals surface area contributed by atoms with Crippen molar-refractivity contribution in [1.29, 1.82) is 0 Å². The number of rotatable bonds is 4. The van der Waals surface area contributed by atoms with E-state index < -0.39 is 0 Å². The molecule has 1 aromatic carbocycles. The van der Waals surface area contributed by atoms with Crippen LogP contribution < -0.4 is 5.32 Å². The van der Waals surface area contributed by atoms with Gasteiger partial charge in [-0.3, -0.25) is 4.79 Å². The van der Waals surface area contributed by atoms with Crippen molar-refractivity contribution in [2.75, 3.05) is 0 Å². The van der Waals surface area contributed by atoms with E-state index in [1.807, 2.05) is 36.4 Å². The van der Waals surface area contributed by atoms with Crippen molar-refractivity contribution >= 4 is 17.5 Å². The molecule has 112 valence electrons. The third kappa shape index (κ3) is 3.07. The molecule has 4 nitrogen and oxygen atoms in total. The number of aryl methyl sites for hydroxylation is 1. The van der Waals surface area contributed by atoms with E-state index in [1.54, 1.807) is 13.0 Å². The highest BCUT2D eigenvalue weighted by molar-refractivity contribution is 6.30. The summed E-state index contributed by atoms with van der Waals surface area (Å²) in [6.45, 7) is 2.07. The van der Waals surface area contributed by atoms with Gasteiger partial charge in [-0.2, -0.15) is 0 Å². The minimum Gasteiger partial charge on any atom is -0.469 e. The zero-order valence-corrected chi connectivity index (χ0v) is 12.7. The van der Waals surface area contributed by atoms with E-state index in [1.165, 1.54) is 6.26 Å². The highest BCUT2D eigenvalue weighted by Crippen LogP contribution is 2.23. The Morgan fingerprint density at radius 3 is 2.59 bits per heavy atom. The Labute approximate surface area is 132 Å². The Balaban J connectivity index is 1.66. The van der Waals surface area contributed by atoms with E-state index in [9.17, 15) is 4.79 Å². The van der Waals surface area contributed by atoms with Gasteiger partial charge in [0.15, 0.2) is 0 Å². The lowest BCUT2D eigenvalue weighted by molar-refractivity contribution is 0.0946. The predicted octanol–water partition coefficient (Wildman–Crippen LogP) is 4.43. The quantitative estimate of drug-likeness (QED) is 0.774. The maximum Gasteiger partial charge on any atom is 0.255 e. The topological polar surface area (TPSA) is 55.4 Å². The number of hydrogen-bond acceptors (Lipinski definition) is 3. The van der Waals surface area contributed by atoms with Gasteiger partial charge in [-0.05, 0) is 49.4 Å². The van der Waals surface area contributed by atoms with Crippen LogP contribution in [0.15, 0.2) is 57.6 Å². The fraction of sp³-hybridized carbons (Fsp3) is 0.118. The summed E-state index contributed by atoms with van der Waals surface area (Å²) in [6.07, 6.45) is 1.50. The van der Waals surface area contributed by atoms with Crippen molar-refractivity contribution in [2.24, 2.45) is 0 Å². The van der Waals surface area contributed by atoms with E-state index in [-0.39, 0.29) is 5.91 Å². The van der Waals surface area contributed by atoms with E-state index in [0.29, 0.717) is 28.7 Å². The molecule has 2 heterocycles. The number of benzene rings is 1. The average Bonchev–Trinajstić information content (AvgIpc) is 3.14. The molecule has 0 fully saturated rings. The van der Waals surface area contributed by atoms with Crippen LogP contribution in [0.25, 0.3) is 11.3 Å². The Bertz CT molecular complexity index is 786. The van der Waals surface area contributed by atoms with E-state index in [0.717, 1.165) is 11.3 Å². The molecule has 0 spiro atoms. The molecule has 0 unspecified atom stereocenters. The van der Waals surface area contributed by atoms with Crippen LogP contribution in [0, 0.1) is 6.92 Å². The van der Waals surface area contributed by atoms with Gasteiger partial charge >= 0.3 is 0 Å². The Kier molecular flexibility index (Phi) is 4.02. The Morgan fingerprint density at radius 1 is 1.14 bits per heavy atom. The van der Waals surface area contributed by atoms with Crippen LogP contribution in [0.3, 0.4) is 0 Å². The first kappa shape index (κ1) is 14.5. The maximum atomic E-state index is 12.0. The molecule has 0 aliphatic heterocycles. The highest BCUT2D eigenvalue weighted by Gasteiger charge is 2.12. The number of halogens is 1. The van der Waals surface area contributed by atoms with Crippen LogP contribution in [0.2, 0.25) is 5.02 Å². The van der Waals surface area contributed by atoms with Crippen LogP contribution in [0.5, 0.6) is 0 Å². The molecule has 2 aromatic heterocycles. The molecular weight excluding hydrogens is 302 g/mol. The van der Waals surface area contributed by atoms with Crippen LogP contribution in [0.1, 0.15) is 21.9 Å². The zero-order chi connectivity index (χ0) is 15.5. The second-order valence-corrected chi connectivity index (χ2v) is 5.28. The van der Waals surface area contributed by atoms with Crippen molar-refractivity contribution in [3.05, 3.63) is 70.8 Å². The first-order valence-electron chi connectivity index (χ1n) is 6.80. The minimum absolute atomic E-state index is 0.185. The number of nitrogens with one attached hydrogen (secondary N) is 1. The summed E-state index contributed by atoms with van der Waals surface area (Å²) in [6, 6.07) is 12.7. The van der Waals surface area contributed by atoms with Crippen molar-refractivity contribution < 1.29 is 13.6 Å². The molecule has 0 saturated carbocycles. The van der Waals surface area contributed by atoms with Gasteiger partial charge in [0, 0.05) is 10.6 Å². The van der Waals surface area contributed by atoms with Crippen LogP contribution >= 0.6 is 11.6 Å². The maximum absolute atomic E-state index is 12.0. The van der Waals surface area contributed by atoms with E-state index in [4.69, 9.17) is 20.4 Å². The molecule has 22 heavy (non-hydrogen) atoms. The summed E-state index contributed by atoms with van der Waals surface area (Å²) < 4.78 is 10.8. The molecule has 0 radical (unpaired) electrons. The molecule has 0 aliphatic carbocycles. The molecule has 5 heteroatoms. The predicted molar refractivity (Wildman–Crippen MR) is 83.8 cm³/mol. The SMILES string of the molecule is Cc1occc1C(=O)NCc1ccc(-c2ccc(Cl)cc2)o1. The van der Waals surface area contributed by atoms with Crippen LogP contribution in [-0.4, -0.2) is 5.91 Å². The molecule has 0 saturated heterocycles. The van der Waals surface area contributed by atoms with Gasteiger partial charge in [0.05, 0.1) is 18.4 Å². The van der Waals surface area contributed by atoms with Crippen LogP contribution in [-0.2, 0) is 6.54 Å². The number of furan rings is 2. The lowest BCUT2D eigenvalue weighted by atomic mass is 10.2. The summed E-state index contributed by atoms with van der Waals surface area (Å²) in [5.41, 5.74) is 1.47. The summed E-state index contributed by atoms with van der Waals surface area (Å²) in [5, 5.41) is 3.48. The standard InChI is InChI=1S/C17H14ClNO3/c1-11-15(8-9-21-11)17(20)19-10-14-6-7-16(22-14)12-2-4-13(18)5-3-12/h2-9H,10H2,1H3,(H,19,20). The molecule has 3 rings (SSSR count). The van der Waals surface area contributed by atoms with Gasteiger partial charge in [0.2, 0.25) is 0 Å². The van der Waals surface area contributed by atoms with E-state index >= 15 is 0 Å². The highest BCUT2D eigenvalue weighted by atomic mass is 35.5. The van der Waals surface area contributed by atoms with Gasteiger partial charge in [-0.1, -0.05) is 11.6 Å². The zero-order valence-electron chi connectivity index (χ0n) is 11.9. The largest absolute Gasteiger partial charge is 0.469 e. The molecular formula is C17H14ClNO3. The van der Waals surface area contributed by atoms with Crippen molar-refractivity contribution in [1.82, 2.24) is 5.32 Å². The minimum atomic E-state index is -0.185. The van der Waals surface area contributed by atoms with Gasteiger partial charge in [-0.25, -0.2) is 0 Å². The molecule has 0 bridgehead atoms. The second kappa shape index (κ2) is 6.12. The second-order valence-electron chi connectivity index (χ2n) is 4.85. The summed E-state index contributed by atoms with van der Waals surface area (Å²) in [7, 11) is 0. The van der Waals surface area contributed by atoms with Crippen molar-refractivity contribution in [2.45, 2.75) is 13.5 Å². The van der Waals surface area contributed by atoms with Gasteiger partial charge < -0.3 is 14.2 Å². The number of hydrogen-bond donors (Lipinski definition) is 1. The lowest BCUT2D eigenvalue weighted by Gasteiger charge is -2.02. The number of carbonyl (C=O) groups is 1. The molecule has 3 aromatic rings. The smallest absolute Gasteiger partial charge is 0.255 e. The third-order valence-electron chi connectivity index (χ3n) is 3.32. The van der Waals surface area contributed by atoms with Gasteiger partial charge in [-0.15, -0.1) is 0 Å². The third-order valence-corrected chi connectivity index (χ3v) is 3.57. The molecule has 1 N–H and O–H groups in total. The summed E-state index contributed by atoms with van der Waals surface area (Å²) >= 11 is 5.86. The molecule has 0 aliphatic rings. The fourth-order valence-corrected chi connectivity index (χ4v) is 2.25. The first-order chi connectivity index (χ1) is 10.6. The van der Waals surface area contributed by atoms with Gasteiger partial charge in [0.25, 0.3) is 5.91 Å². The average molecular weight is 316 g/mol. The normalized spacial score (nSPS) is 10.6. The number of carbonyl (C=O) groups excluding carboxylic acids is 1. The van der Waals surface area contributed by atoms with E-state index in [2.05, 4.69) is 5.32 Å². The number of amides is 1. The Hall–Kier alpha value is -2.46. The molecule has 1 amide bonds. The van der Waals surface area contributed by atoms with Crippen molar-refractivity contribution in [3.8, 4) is 11.3 Å².